The average Bonchev–Trinajstić information content (AvgIpc) is 2.91. The van der Waals surface area contributed by atoms with Crippen molar-refractivity contribution in [3.63, 3.8) is 0 Å². The molecule has 0 N–H and O–H groups in total. The third-order valence-electron chi connectivity index (χ3n) is 6.58. The molecule has 0 aliphatic rings. The van der Waals surface area contributed by atoms with Crippen LogP contribution in [0.2, 0.25) is 0 Å². The Labute approximate surface area is 214 Å². The van der Waals surface area contributed by atoms with Gasteiger partial charge in [0.05, 0.1) is 12.1 Å². The van der Waals surface area contributed by atoms with E-state index in [0.717, 1.165) is 33.6 Å². The topological polar surface area (TPSA) is 54.1 Å². The van der Waals surface area contributed by atoms with Crippen LogP contribution in [0.4, 0.5) is 11.4 Å². The average molecular weight is 471 g/mol. The number of nitriles is 2. The summed E-state index contributed by atoms with van der Waals surface area (Å²) in [6.45, 7) is 0. The van der Waals surface area contributed by atoms with Crippen LogP contribution >= 0.6 is 0 Å². The minimum Gasteiger partial charge on any atom is -0.378 e. The van der Waals surface area contributed by atoms with Gasteiger partial charge in [-0.1, -0.05) is 72.8 Å². The van der Waals surface area contributed by atoms with E-state index in [9.17, 15) is 10.5 Å². The van der Waals surface area contributed by atoms with E-state index in [1.54, 1.807) is 0 Å². The van der Waals surface area contributed by atoms with Crippen LogP contribution in [0.15, 0.2) is 97.1 Å². The first kappa shape index (κ1) is 24.6. The quantitative estimate of drug-likeness (QED) is 0.279. The van der Waals surface area contributed by atoms with E-state index < -0.39 is 5.92 Å². The molecule has 0 bridgehead atoms. The normalized spacial score (nSPS) is 10.7. The smallest absolute Gasteiger partial charge is 0.158 e. The second kappa shape index (κ2) is 10.8. The highest BCUT2D eigenvalue weighted by atomic mass is 15.1. The zero-order valence-corrected chi connectivity index (χ0v) is 21.2. The Hall–Kier alpha value is -4.54. The van der Waals surface area contributed by atoms with Crippen molar-refractivity contribution in [1.82, 2.24) is 0 Å². The third kappa shape index (κ3) is 4.95. The van der Waals surface area contributed by atoms with Gasteiger partial charge in [0.25, 0.3) is 0 Å². The van der Waals surface area contributed by atoms with Crippen molar-refractivity contribution >= 4 is 11.4 Å². The van der Waals surface area contributed by atoms with Gasteiger partial charge in [-0.25, -0.2) is 0 Å². The zero-order valence-electron chi connectivity index (χ0n) is 21.2. The van der Waals surface area contributed by atoms with Crippen LogP contribution < -0.4 is 9.80 Å². The third-order valence-corrected chi connectivity index (χ3v) is 6.58. The Morgan fingerprint density at radius 2 is 0.917 bits per heavy atom. The molecule has 0 aliphatic heterocycles. The van der Waals surface area contributed by atoms with E-state index in [0.29, 0.717) is 0 Å². The number of hydrogen-bond acceptors (Lipinski definition) is 4. The molecule has 4 aromatic carbocycles. The fourth-order valence-electron chi connectivity index (χ4n) is 4.64. The lowest BCUT2D eigenvalue weighted by Gasteiger charge is -2.24. The number of nitrogens with zero attached hydrogens (tertiary/aromatic N) is 4. The van der Waals surface area contributed by atoms with Crippen molar-refractivity contribution in [3.8, 4) is 23.3 Å². The van der Waals surface area contributed by atoms with Gasteiger partial charge in [0.1, 0.15) is 0 Å². The van der Waals surface area contributed by atoms with Crippen molar-refractivity contribution in [2.24, 2.45) is 0 Å². The Morgan fingerprint density at radius 1 is 0.528 bits per heavy atom. The summed E-state index contributed by atoms with van der Waals surface area (Å²) in [4.78, 5) is 4.19. The van der Waals surface area contributed by atoms with E-state index in [4.69, 9.17) is 0 Å². The second-order valence-corrected chi connectivity index (χ2v) is 9.27. The Balaban J connectivity index is 1.94. The fraction of sp³-hybridized carbons (Fsp3) is 0.188. The van der Waals surface area contributed by atoms with Crippen molar-refractivity contribution < 1.29 is 0 Å². The molecule has 0 amide bonds. The van der Waals surface area contributed by atoms with Gasteiger partial charge in [0, 0.05) is 45.5 Å². The van der Waals surface area contributed by atoms with E-state index in [2.05, 4.69) is 88.7 Å². The summed E-state index contributed by atoms with van der Waals surface area (Å²) in [5.74, 6) is -0.851. The molecular weight excluding hydrogens is 440 g/mol. The van der Waals surface area contributed by atoms with Crippen LogP contribution in [0.25, 0.3) is 11.1 Å². The summed E-state index contributed by atoms with van der Waals surface area (Å²) < 4.78 is 0. The van der Waals surface area contributed by atoms with Crippen LogP contribution in [-0.4, -0.2) is 28.2 Å². The van der Waals surface area contributed by atoms with Gasteiger partial charge in [-0.2, -0.15) is 10.5 Å². The predicted octanol–water partition coefficient (Wildman–Crippen LogP) is 6.80. The number of anilines is 2. The highest BCUT2D eigenvalue weighted by Crippen LogP contribution is 2.40. The predicted molar refractivity (Wildman–Crippen MR) is 148 cm³/mol. The summed E-state index contributed by atoms with van der Waals surface area (Å²) in [7, 11) is 8.16. The summed E-state index contributed by atoms with van der Waals surface area (Å²) >= 11 is 0. The van der Waals surface area contributed by atoms with Gasteiger partial charge < -0.3 is 9.80 Å². The molecule has 0 radical (unpaired) electrons. The molecule has 4 heteroatoms. The van der Waals surface area contributed by atoms with Crippen LogP contribution in [0.5, 0.6) is 0 Å². The molecule has 0 fully saturated rings. The summed E-state index contributed by atoms with van der Waals surface area (Å²) in [5.41, 5.74) is 8.47. The first-order chi connectivity index (χ1) is 17.4. The zero-order chi connectivity index (χ0) is 25.7. The van der Waals surface area contributed by atoms with E-state index >= 15 is 0 Å². The molecule has 0 spiro atoms. The minimum absolute atomic E-state index is 0.0238. The van der Waals surface area contributed by atoms with Crippen LogP contribution in [0.1, 0.15) is 34.1 Å². The van der Waals surface area contributed by atoms with Gasteiger partial charge in [-0.05, 0) is 57.6 Å². The largest absolute Gasteiger partial charge is 0.378 e. The van der Waals surface area contributed by atoms with Crippen molar-refractivity contribution in [2.75, 3.05) is 38.0 Å². The molecule has 36 heavy (non-hydrogen) atoms. The first-order valence-electron chi connectivity index (χ1n) is 12.0. The van der Waals surface area contributed by atoms with Crippen LogP contribution in [0.3, 0.4) is 0 Å². The summed E-state index contributed by atoms with van der Waals surface area (Å²) in [6.07, 6.45) is 0. The summed E-state index contributed by atoms with van der Waals surface area (Å²) in [6, 6.07) is 37.7. The van der Waals surface area contributed by atoms with Crippen molar-refractivity contribution in [1.29, 1.82) is 10.5 Å². The molecule has 4 aromatic rings. The molecule has 4 nitrogen and oxygen atoms in total. The second-order valence-electron chi connectivity index (χ2n) is 9.27. The molecule has 0 heterocycles. The maximum atomic E-state index is 9.65. The molecule has 178 valence electrons. The summed E-state index contributed by atoms with van der Waals surface area (Å²) in [5, 5.41) is 19.3. The number of benzene rings is 4. The lowest BCUT2D eigenvalue weighted by molar-refractivity contribution is 0.974. The van der Waals surface area contributed by atoms with Gasteiger partial charge in [0.15, 0.2) is 5.92 Å². The molecule has 0 unspecified atom stereocenters. The Morgan fingerprint density at radius 3 is 1.33 bits per heavy atom. The molecular formula is C32H30N4. The molecule has 0 saturated carbocycles. The lowest BCUT2D eigenvalue weighted by atomic mass is 9.80. The SMILES string of the molecule is CN(C)c1ccc(C(c2ccc(N(C)C)cc2)c2ccccc2-c2ccccc2C(C#N)C#N)cc1. The van der Waals surface area contributed by atoms with Crippen LogP contribution in [-0.2, 0) is 0 Å². The standard InChI is InChI=1S/C32H30N4/c1-35(2)26-17-13-23(14-18-26)32(24-15-19-27(20-16-24)36(3)4)31-12-8-7-11-30(31)29-10-6-5-9-28(29)25(21-33)22-34/h5-20,25,32H,1-4H3. The van der Waals surface area contributed by atoms with Gasteiger partial charge >= 0.3 is 0 Å². The fourth-order valence-corrected chi connectivity index (χ4v) is 4.64. The minimum atomic E-state index is -0.827. The van der Waals surface area contributed by atoms with Crippen molar-refractivity contribution in [3.05, 3.63) is 119 Å². The lowest BCUT2D eigenvalue weighted by Crippen LogP contribution is -2.11. The highest BCUT2D eigenvalue weighted by Gasteiger charge is 2.23. The Bertz CT molecular complexity index is 1340. The van der Waals surface area contributed by atoms with Crippen LogP contribution in [0, 0.1) is 22.7 Å². The van der Waals surface area contributed by atoms with E-state index in [1.807, 2.05) is 58.5 Å². The van der Waals surface area contributed by atoms with Gasteiger partial charge in [-0.3, -0.25) is 0 Å². The molecule has 0 aliphatic carbocycles. The van der Waals surface area contributed by atoms with E-state index in [1.165, 1.54) is 11.1 Å². The van der Waals surface area contributed by atoms with Crippen molar-refractivity contribution in [2.45, 2.75) is 11.8 Å². The number of rotatable bonds is 7. The van der Waals surface area contributed by atoms with Gasteiger partial charge in [0.2, 0.25) is 0 Å². The molecule has 0 aromatic heterocycles. The monoisotopic (exact) mass is 470 g/mol. The molecule has 4 rings (SSSR count). The first-order valence-corrected chi connectivity index (χ1v) is 12.0. The van der Waals surface area contributed by atoms with Gasteiger partial charge in [-0.15, -0.1) is 0 Å². The highest BCUT2D eigenvalue weighted by molar-refractivity contribution is 5.75. The Kier molecular flexibility index (Phi) is 7.38. The van der Waals surface area contributed by atoms with E-state index in [-0.39, 0.29) is 5.92 Å². The maximum Gasteiger partial charge on any atom is 0.158 e. The molecule has 0 saturated heterocycles. The maximum absolute atomic E-state index is 9.65. The molecule has 0 atom stereocenters. The number of hydrogen-bond donors (Lipinski definition) is 0.